The minimum Gasteiger partial charge on any atom is -0.349 e. The molecule has 0 spiro atoms. The molecule has 2 aromatic carbocycles. The van der Waals surface area contributed by atoms with Crippen molar-refractivity contribution in [3.63, 3.8) is 0 Å². The fourth-order valence-electron chi connectivity index (χ4n) is 5.29. The molecule has 0 N–H and O–H groups in total. The highest BCUT2D eigenvalue weighted by molar-refractivity contribution is 5.69. The molecule has 0 unspecified atom stereocenters. The maximum absolute atomic E-state index is 2.67. The zero-order valence-electron chi connectivity index (χ0n) is 23.5. The molecule has 1 aliphatic heterocycles. The van der Waals surface area contributed by atoms with Gasteiger partial charge >= 0.3 is 0 Å². The van der Waals surface area contributed by atoms with Crippen LogP contribution >= 0.6 is 0 Å². The SMILES string of the molecule is C1CCC1.CC(C)c1cccc(C(C)C)c1N1CCN(c2c(C(C)C)cccc2C(C)C)C1C. The molecule has 188 valence electrons. The van der Waals surface area contributed by atoms with Crippen molar-refractivity contribution >= 4 is 11.4 Å². The highest BCUT2D eigenvalue weighted by Gasteiger charge is 2.34. The van der Waals surface area contributed by atoms with Crippen LogP contribution in [0.15, 0.2) is 36.4 Å². The molecular formula is C32H50N2. The molecule has 1 saturated carbocycles. The summed E-state index contributed by atoms with van der Waals surface area (Å²) in [7, 11) is 0. The summed E-state index contributed by atoms with van der Waals surface area (Å²) < 4.78 is 0. The van der Waals surface area contributed by atoms with Crippen molar-refractivity contribution in [2.75, 3.05) is 22.9 Å². The molecule has 2 nitrogen and oxygen atoms in total. The highest BCUT2D eigenvalue weighted by atomic mass is 15.4. The van der Waals surface area contributed by atoms with Crippen molar-refractivity contribution < 1.29 is 0 Å². The normalized spacial score (nSPS) is 16.5. The lowest BCUT2D eigenvalue weighted by atomic mass is 9.91. The second-order valence-electron chi connectivity index (χ2n) is 11.6. The van der Waals surface area contributed by atoms with Crippen LogP contribution in [0.4, 0.5) is 11.4 Å². The number of nitrogens with zero attached hydrogens (tertiary/aromatic N) is 2. The van der Waals surface area contributed by atoms with Crippen molar-refractivity contribution in [2.45, 2.75) is 118 Å². The van der Waals surface area contributed by atoms with Crippen molar-refractivity contribution in [1.82, 2.24) is 0 Å². The summed E-state index contributed by atoms with van der Waals surface area (Å²) in [6.45, 7) is 23.2. The lowest BCUT2D eigenvalue weighted by Gasteiger charge is -2.36. The Morgan fingerprint density at radius 3 is 1.00 bits per heavy atom. The van der Waals surface area contributed by atoms with Gasteiger partial charge in [0.1, 0.15) is 0 Å². The lowest BCUT2D eigenvalue weighted by Crippen LogP contribution is -2.38. The van der Waals surface area contributed by atoms with Gasteiger partial charge in [-0.05, 0) is 52.8 Å². The molecule has 2 aromatic rings. The minimum absolute atomic E-state index is 0.347. The largest absolute Gasteiger partial charge is 0.349 e. The predicted molar refractivity (Wildman–Crippen MR) is 152 cm³/mol. The Labute approximate surface area is 210 Å². The quantitative estimate of drug-likeness (QED) is 0.422. The first-order chi connectivity index (χ1) is 16.1. The summed E-state index contributed by atoms with van der Waals surface area (Å²) in [5.41, 5.74) is 8.88. The Kier molecular flexibility index (Phi) is 9.13. The molecule has 0 bridgehead atoms. The summed E-state index contributed by atoms with van der Waals surface area (Å²) in [4.78, 5) is 5.35. The van der Waals surface area contributed by atoms with Gasteiger partial charge in [-0.25, -0.2) is 0 Å². The van der Waals surface area contributed by atoms with Crippen LogP contribution in [0.5, 0.6) is 0 Å². The number of hydrogen-bond acceptors (Lipinski definition) is 2. The number of benzene rings is 2. The molecule has 1 saturated heterocycles. The first kappa shape index (κ1) is 26.6. The Morgan fingerprint density at radius 1 is 0.529 bits per heavy atom. The monoisotopic (exact) mass is 462 g/mol. The van der Waals surface area contributed by atoms with Crippen LogP contribution in [0.3, 0.4) is 0 Å². The van der Waals surface area contributed by atoms with Gasteiger partial charge in [-0.2, -0.15) is 0 Å². The van der Waals surface area contributed by atoms with Crippen LogP contribution in [0.1, 0.15) is 134 Å². The molecule has 0 amide bonds. The van der Waals surface area contributed by atoms with Gasteiger partial charge in [0.2, 0.25) is 0 Å². The van der Waals surface area contributed by atoms with E-state index in [1.165, 1.54) is 59.3 Å². The zero-order chi connectivity index (χ0) is 25.0. The van der Waals surface area contributed by atoms with Gasteiger partial charge in [-0.3, -0.25) is 0 Å². The molecule has 0 atom stereocenters. The smallest absolute Gasteiger partial charge is 0.0988 e. The number of rotatable bonds is 6. The molecule has 2 heteroatoms. The van der Waals surface area contributed by atoms with E-state index in [2.05, 4.69) is 109 Å². The third kappa shape index (κ3) is 5.64. The zero-order valence-corrected chi connectivity index (χ0v) is 23.5. The molecule has 1 aliphatic carbocycles. The van der Waals surface area contributed by atoms with E-state index in [4.69, 9.17) is 0 Å². The summed E-state index contributed by atoms with van der Waals surface area (Å²) in [6, 6.07) is 13.8. The van der Waals surface area contributed by atoms with Crippen LogP contribution in [-0.4, -0.2) is 19.3 Å². The molecule has 4 rings (SSSR count). The van der Waals surface area contributed by atoms with Gasteiger partial charge in [0.15, 0.2) is 0 Å². The van der Waals surface area contributed by atoms with Crippen molar-refractivity contribution in [1.29, 1.82) is 0 Å². The van der Waals surface area contributed by atoms with Crippen LogP contribution < -0.4 is 9.80 Å². The molecule has 1 heterocycles. The van der Waals surface area contributed by atoms with Gasteiger partial charge in [0.05, 0.1) is 6.17 Å². The van der Waals surface area contributed by atoms with Crippen LogP contribution in [-0.2, 0) is 0 Å². The van der Waals surface area contributed by atoms with E-state index in [0.717, 1.165) is 13.1 Å². The Bertz CT molecular complexity index is 793. The van der Waals surface area contributed by atoms with E-state index in [-0.39, 0.29) is 0 Å². The molecule has 2 fully saturated rings. The first-order valence-electron chi connectivity index (χ1n) is 13.9. The number of hydrogen-bond donors (Lipinski definition) is 0. The average Bonchev–Trinajstić information content (AvgIpc) is 3.11. The van der Waals surface area contributed by atoms with Crippen LogP contribution in [0, 0.1) is 0 Å². The van der Waals surface area contributed by atoms with E-state index < -0.39 is 0 Å². The molecule has 0 aromatic heterocycles. The third-order valence-corrected chi connectivity index (χ3v) is 7.74. The maximum Gasteiger partial charge on any atom is 0.0988 e. The van der Waals surface area contributed by atoms with Crippen LogP contribution in [0.25, 0.3) is 0 Å². The lowest BCUT2D eigenvalue weighted by molar-refractivity contribution is 0.504. The van der Waals surface area contributed by atoms with Crippen molar-refractivity contribution in [3.8, 4) is 0 Å². The summed E-state index contributed by atoms with van der Waals surface area (Å²) in [5.74, 6) is 2.09. The van der Waals surface area contributed by atoms with Gasteiger partial charge in [0.25, 0.3) is 0 Å². The number of anilines is 2. The molecule has 2 aliphatic rings. The van der Waals surface area contributed by atoms with Gasteiger partial charge in [0, 0.05) is 24.5 Å². The topological polar surface area (TPSA) is 6.48 Å². The minimum atomic E-state index is 0.347. The fourth-order valence-corrected chi connectivity index (χ4v) is 5.29. The van der Waals surface area contributed by atoms with E-state index in [9.17, 15) is 0 Å². The molecular weight excluding hydrogens is 412 g/mol. The van der Waals surface area contributed by atoms with Crippen molar-refractivity contribution in [2.24, 2.45) is 0 Å². The summed E-state index contributed by atoms with van der Waals surface area (Å²) >= 11 is 0. The summed E-state index contributed by atoms with van der Waals surface area (Å²) in [5, 5.41) is 0. The van der Waals surface area contributed by atoms with Gasteiger partial charge < -0.3 is 9.80 Å². The Morgan fingerprint density at radius 2 is 0.794 bits per heavy atom. The summed E-state index contributed by atoms with van der Waals surface area (Å²) in [6.07, 6.45) is 6.35. The van der Waals surface area contributed by atoms with E-state index in [1.807, 2.05) is 0 Å². The van der Waals surface area contributed by atoms with E-state index in [1.54, 1.807) is 0 Å². The van der Waals surface area contributed by atoms with E-state index in [0.29, 0.717) is 29.8 Å². The van der Waals surface area contributed by atoms with Gasteiger partial charge in [-0.15, -0.1) is 0 Å². The third-order valence-electron chi connectivity index (χ3n) is 7.74. The highest BCUT2D eigenvalue weighted by Crippen LogP contribution is 2.42. The average molecular weight is 463 g/mol. The first-order valence-corrected chi connectivity index (χ1v) is 13.9. The van der Waals surface area contributed by atoms with Crippen molar-refractivity contribution in [3.05, 3.63) is 58.7 Å². The fraction of sp³-hybridized carbons (Fsp3) is 0.625. The van der Waals surface area contributed by atoms with Gasteiger partial charge in [-0.1, -0.05) is 117 Å². The predicted octanol–water partition coefficient (Wildman–Crippen LogP) is 9.41. The molecule has 0 radical (unpaired) electrons. The Balaban J connectivity index is 0.000000732. The second-order valence-corrected chi connectivity index (χ2v) is 11.6. The van der Waals surface area contributed by atoms with Crippen LogP contribution in [0.2, 0.25) is 0 Å². The standard InChI is InChI=1S/C28H42N2.C4H8/c1-18(2)23-12-10-13-24(19(3)4)27(23)29-16-17-30(22(29)9)28-25(20(5)6)14-11-15-26(28)21(7)8;1-2-4-3-1/h10-15,18-22H,16-17H2,1-9H3;1-4H2. The maximum atomic E-state index is 2.67. The van der Waals surface area contributed by atoms with E-state index >= 15 is 0 Å². The molecule has 34 heavy (non-hydrogen) atoms. The second kappa shape index (κ2) is 11.6. The Hall–Kier alpha value is -1.96. The number of para-hydroxylation sites is 2.